The maximum atomic E-state index is 4.47. The number of hydrogen-bond acceptors (Lipinski definition) is 2. The zero-order valence-electron chi connectivity index (χ0n) is 6.94. The topological polar surface area (TPSA) is 30.2 Å². The average molecular weight is 238 g/mol. The van der Waals surface area contributed by atoms with Crippen LogP contribution in [0.15, 0.2) is 23.2 Å². The first-order valence-electron chi connectivity index (χ1n) is 4.34. The third-order valence-electron chi connectivity index (χ3n) is 2.33. The summed E-state index contributed by atoms with van der Waals surface area (Å²) in [6.07, 6.45) is 8.22. The maximum Gasteiger partial charge on any atom is 0.158 e. The summed E-state index contributed by atoms with van der Waals surface area (Å²) in [5, 5.41) is 0. The summed E-state index contributed by atoms with van der Waals surface area (Å²) in [6.45, 7) is 0. The first-order valence-corrected chi connectivity index (χ1v) is 5.13. The van der Waals surface area contributed by atoms with Crippen molar-refractivity contribution >= 4 is 21.6 Å². The standard InChI is InChI=1S/C9H8BrN3/c10-7-5-13-4-3-11-9(13)8(12-7)6-1-2-6/h3-6H,1-2H2. The minimum absolute atomic E-state index is 0.641. The van der Waals surface area contributed by atoms with Gasteiger partial charge in [-0.3, -0.25) is 0 Å². The number of aromatic nitrogens is 3. The fourth-order valence-corrected chi connectivity index (χ4v) is 1.97. The molecular weight excluding hydrogens is 230 g/mol. The molecule has 1 fully saturated rings. The van der Waals surface area contributed by atoms with Crippen LogP contribution in [-0.2, 0) is 0 Å². The van der Waals surface area contributed by atoms with Crippen molar-refractivity contribution < 1.29 is 0 Å². The van der Waals surface area contributed by atoms with E-state index in [0.717, 1.165) is 15.9 Å². The molecule has 0 atom stereocenters. The van der Waals surface area contributed by atoms with E-state index >= 15 is 0 Å². The molecule has 13 heavy (non-hydrogen) atoms. The molecule has 0 saturated heterocycles. The zero-order valence-corrected chi connectivity index (χ0v) is 8.53. The van der Waals surface area contributed by atoms with Crippen molar-refractivity contribution in [2.45, 2.75) is 18.8 Å². The molecule has 2 aromatic heterocycles. The Kier molecular flexibility index (Phi) is 1.47. The second-order valence-corrected chi connectivity index (χ2v) is 4.19. The molecule has 0 spiro atoms. The van der Waals surface area contributed by atoms with Gasteiger partial charge in [0.05, 0.1) is 5.69 Å². The molecule has 1 saturated carbocycles. The van der Waals surface area contributed by atoms with Gasteiger partial charge in [-0.25, -0.2) is 9.97 Å². The lowest BCUT2D eigenvalue weighted by molar-refractivity contribution is 0.967. The van der Waals surface area contributed by atoms with Gasteiger partial charge in [0.1, 0.15) is 4.60 Å². The van der Waals surface area contributed by atoms with Gasteiger partial charge >= 0.3 is 0 Å². The molecule has 66 valence electrons. The second-order valence-electron chi connectivity index (χ2n) is 3.38. The molecule has 0 bridgehead atoms. The van der Waals surface area contributed by atoms with Gasteiger partial charge in [-0.15, -0.1) is 0 Å². The van der Waals surface area contributed by atoms with Crippen molar-refractivity contribution in [2.75, 3.05) is 0 Å². The van der Waals surface area contributed by atoms with E-state index in [1.165, 1.54) is 12.8 Å². The zero-order chi connectivity index (χ0) is 8.84. The van der Waals surface area contributed by atoms with E-state index < -0.39 is 0 Å². The molecule has 0 unspecified atom stereocenters. The van der Waals surface area contributed by atoms with Crippen molar-refractivity contribution in [3.8, 4) is 0 Å². The lowest BCUT2D eigenvalue weighted by atomic mass is 10.3. The van der Waals surface area contributed by atoms with Gasteiger partial charge in [-0.2, -0.15) is 0 Å². The predicted octanol–water partition coefficient (Wildman–Crippen LogP) is 2.37. The number of hydrogen-bond donors (Lipinski definition) is 0. The molecule has 0 aromatic carbocycles. The van der Waals surface area contributed by atoms with Gasteiger partial charge in [0.2, 0.25) is 0 Å². The van der Waals surface area contributed by atoms with Gasteiger partial charge in [0.25, 0.3) is 0 Å². The number of fused-ring (bicyclic) bond motifs is 1. The Morgan fingerprint density at radius 1 is 1.46 bits per heavy atom. The van der Waals surface area contributed by atoms with Crippen molar-refractivity contribution in [1.29, 1.82) is 0 Å². The van der Waals surface area contributed by atoms with Crippen LogP contribution in [0.4, 0.5) is 0 Å². The summed E-state index contributed by atoms with van der Waals surface area (Å²) in [6, 6.07) is 0. The molecule has 3 nitrogen and oxygen atoms in total. The molecule has 0 radical (unpaired) electrons. The Labute approximate surface area is 83.9 Å². The highest BCUT2D eigenvalue weighted by Crippen LogP contribution is 2.40. The minimum Gasteiger partial charge on any atom is -0.303 e. The highest BCUT2D eigenvalue weighted by Gasteiger charge is 2.28. The molecular formula is C9H8BrN3. The van der Waals surface area contributed by atoms with E-state index in [0.29, 0.717) is 5.92 Å². The Morgan fingerprint density at radius 2 is 2.31 bits per heavy atom. The van der Waals surface area contributed by atoms with Crippen molar-refractivity contribution in [2.24, 2.45) is 0 Å². The largest absolute Gasteiger partial charge is 0.303 e. The normalized spacial score (nSPS) is 16.7. The number of halogens is 1. The number of nitrogens with zero attached hydrogens (tertiary/aromatic N) is 3. The fraction of sp³-hybridized carbons (Fsp3) is 0.333. The van der Waals surface area contributed by atoms with Crippen LogP contribution in [0.3, 0.4) is 0 Å². The van der Waals surface area contributed by atoms with Crippen molar-refractivity contribution in [1.82, 2.24) is 14.4 Å². The third kappa shape index (κ3) is 1.16. The van der Waals surface area contributed by atoms with Gasteiger partial charge in [-0.1, -0.05) is 0 Å². The Hall–Kier alpha value is -0.900. The lowest BCUT2D eigenvalue weighted by Gasteiger charge is -2.01. The first-order chi connectivity index (χ1) is 6.34. The van der Waals surface area contributed by atoms with Crippen LogP contribution in [0.5, 0.6) is 0 Å². The monoisotopic (exact) mass is 237 g/mol. The molecule has 2 aromatic rings. The van der Waals surface area contributed by atoms with Crippen molar-refractivity contribution in [3.63, 3.8) is 0 Å². The molecule has 1 aliphatic carbocycles. The SMILES string of the molecule is Brc1cn2ccnc2c(C2CC2)n1. The van der Waals surface area contributed by atoms with Crippen molar-refractivity contribution in [3.05, 3.63) is 28.9 Å². The summed E-state index contributed by atoms with van der Waals surface area (Å²) in [4.78, 5) is 8.77. The average Bonchev–Trinajstić information content (AvgIpc) is 2.84. The molecule has 0 N–H and O–H groups in total. The van der Waals surface area contributed by atoms with Crippen LogP contribution in [0.1, 0.15) is 24.5 Å². The third-order valence-corrected chi connectivity index (χ3v) is 2.72. The smallest absolute Gasteiger partial charge is 0.158 e. The maximum absolute atomic E-state index is 4.47. The number of rotatable bonds is 1. The quantitative estimate of drug-likeness (QED) is 0.763. The van der Waals surface area contributed by atoms with Crippen LogP contribution >= 0.6 is 15.9 Å². The fourth-order valence-electron chi connectivity index (χ4n) is 1.55. The summed E-state index contributed by atoms with van der Waals surface area (Å²) >= 11 is 3.40. The second kappa shape index (κ2) is 2.54. The first kappa shape index (κ1) is 7.50. The summed E-state index contributed by atoms with van der Waals surface area (Å²) < 4.78 is 2.91. The highest BCUT2D eigenvalue weighted by molar-refractivity contribution is 9.10. The Balaban J connectivity index is 2.33. The molecule has 0 aliphatic heterocycles. The van der Waals surface area contributed by atoms with Crippen LogP contribution in [0.25, 0.3) is 5.65 Å². The van der Waals surface area contributed by atoms with E-state index in [9.17, 15) is 0 Å². The van der Waals surface area contributed by atoms with E-state index in [1.54, 1.807) is 0 Å². The van der Waals surface area contributed by atoms with Crippen LogP contribution in [0, 0.1) is 0 Å². The Morgan fingerprint density at radius 3 is 3.08 bits per heavy atom. The molecule has 0 amide bonds. The van der Waals surface area contributed by atoms with E-state index in [1.807, 2.05) is 23.0 Å². The predicted molar refractivity (Wildman–Crippen MR) is 52.7 cm³/mol. The summed E-state index contributed by atoms with van der Waals surface area (Å²) in [5.74, 6) is 0.641. The van der Waals surface area contributed by atoms with Crippen LogP contribution in [0.2, 0.25) is 0 Å². The van der Waals surface area contributed by atoms with E-state index in [-0.39, 0.29) is 0 Å². The lowest BCUT2D eigenvalue weighted by Crippen LogP contribution is -1.95. The molecule has 4 heteroatoms. The highest BCUT2D eigenvalue weighted by atomic mass is 79.9. The van der Waals surface area contributed by atoms with E-state index in [2.05, 4.69) is 25.9 Å². The van der Waals surface area contributed by atoms with E-state index in [4.69, 9.17) is 0 Å². The molecule has 3 rings (SSSR count). The Bertz CT molecular complexity index is 459. The number of imidazole rings is 1. The van der Waals surface area contributed by atoms with Crippen LogP contribution < -0.4 is 0 Å². The van der Waals surface area contributed by atoms with Gasteiger partial charge < -0.3 is 4.40 Å². The molecule has 2 heterocycles. The molecule has 1 aliphatic rings. The van der Waals surface area contributed by atoms with Gasteiger partial charge in [-0.05, 0) is 28.8 Å². The van der Waals surface area contributed by atoms with Crippen LogP contribution in [-0.4, -0.2) is 14.4 Å². The summed E-state index contributed by atoms with van der Waals surface area (Å²) in [5.41, 5.74) is 2.14. The van der Waals surface area contributed by atoms with Gasteiger partial charge in [0, 0.05) is 24.5 Å². The van der Waals surface area contributed by atoms with Gasteiger partial charge in [0.15, 0.2) is 5.65 Å². The minimum atomic E-state index is 0.641. The summed E-state index contributed by atoms with van der Waals surface area (Å²) in [7, 11) is 0.